The van der Waals surface area contributed by atoms with Crippen molar-refractivity contribution in [2.75, 3.05) is 13.2 Å². The fourth-order valence-corrected chi connectivity index (χ4v) is 2.71. The Labute approximate surface area is 86.7 Å². The van der Waals surface area contributed by atoms with Gasteiger partial charge in [-0.05, 0) is 34.1 Å². The highest BCUT2D eigenvalue weighted by atomic mass is 16.3. The number of likely N-dealkylation sites (tertiary alicyclic amines) is 1. The van der Waals surface area contributed by atoms with Crippen LogP contribution < -0.4 is 0 Å². The lowest BCUT2D eigenvalue weighted by atomic mass is 9.78. The first-order valence-corrected chi connectivity index (χ1v) is 5.22. The molecule has 83 valence electrons. The second kappa shape index (κ2) is 3.80. The molecule has 2 N–H and O–H groups in total. The Morgan fingerprint density at radius 2 is 1.93 bits per heavy atom. The molecule has 1 saturated heterocycles. The topological polar surface area (TPSA) is 43.7 Å². The van der Waals surface area contributed by atoms with E-state index in [0.717, 1.165) is 6.42 Å². The number of aliphatic hydroxyl groups excluding tert-OH is 2. The van der Waals surface area contributed by atoms with Crippen LogP contribution in [0.25, 0.3) is 0 Å². The van der Waals surface area contributed by atoms with Crippen molar-refractivity contribution < 1.29 is 10.2 Å². The van der Waals surface area contributed by atoms with Gasteiger partial charge in [0.2, 0.25) is 0 Å². The second-order valence-electron chi connectivity index (χ2n) is 5.28. The van der Waals surface area contributed by atoms with Crippen molar-refractivity contribution in [2.45, 2.75) is 51.3 Å². The second-order valence-corrected chi connectivity index (χ2v) is 5.28. The van der Waals surface area contributed by atoms with E-state index in [4.69, 9.17) is 5.11 Å². The van der Waals surface area contributed by atoms with Gasteiger partial charge in [-0.1, -0.05) is 0 Å². The molecule has 14 heavy (non-hydrogen) atoms. The Morgan fingerprint density at radius 1 is 1.36 bits per heavy atom. The van der Waals surface area contributed by atoms with Crippen molar-refractivity contribution in [3.63, 3.8) is 0 Å². The average Bonchev–Trinajstić information content (AvgIpc) is 1.94. The number of hydrogen-bond acceptors (Lipinski definition) is 3. The van der Waals surface area contributed by atoms with Gasteiger partial charge in [0.05, 0.1) is 12.7 Å². The predicted octanol–water partition coefficient (Wildman–Crippen LogP) is 0.807. The Morgan fingerprint density at radius 3 is 2.36 bits per heavy atom. The fraction of sp³-hybridized carbons (Fsp3) is 0.909. The third-order valence-electron chi connectivity index (χ3n) is 3.06. The summed E-state index contributed by atoms with van der Waals surface area (Å²) < 4.78 is 0. The Hall–Kier alpha value is -0.120. The summed E-state index contributed by atoms with van der Waals surface area (Å²) in [5.74, 6) is 0. The normalized spacial score (nSPS) is 27.9. The zero-order chi connectivity index (χ0) is 11.0. The number of aliphatic hydroxyl groups is 2. The van der Waals surface area contributed by atoms with Gasteiger partial charge >= 0.3 is 0 Å². The van der Waals surface area contributed by atoms with Gasteiger partial charge in [-0.3, -0.25) is 4.90 Å². The molecule has 1 radical (unpaired) electrons. The minimum Gasteiger partial charge on any atom is -0.395 e. The van der Waals surface area contributed by atoms with Crippen molar-refractivity contribution in [1.82, 2.24) is 4.90 Å². The molecule has 1 fully saturated rings. The summed E-state index contributed by atoms with van der Waals surface area (Å²) in [5, 5.41) is 18.8. The van der Waals surface area contributed by atoms with Gasteiger partial charge < -0.3 is 10.2 Å². The van der Waals surface area contributed by atoms with Crippen LogP contribution in [0.2, 0.25) is 0 Å². The Kier molecular flexibility index (Phi) is 3.24. The lowest BCUT2D eigenvalue weighted by Crippen LogP contribution is -2.62. The maximum atomic E-state index is 9.72. The highest BCUT2D eigenvalue weighted by Gasteiger charge is 2.44. The van der Waals surface area contributed by atoms with E-state index in [1.807, 2.05) is 6.42 Å². The Bertz CT molecular complexity index is 183. The lowest BCUT2D eigenvalue weighted by Gasteiger charge is -2.54. The summed E-state index contributed by atoms with van der Waals surface area (Å²) in [6, 6.07) is 0. The zero-order valence-corrected chi connectivity index (χ0v) is 9.62. The van der Waals surface area contributed by atoms with Gasteiger partial charge in [-0.2, -0.15) is 0 Å². The smallest absolute Gasteiger partial charge is 0.0607 e. The molecule has 0 aliphatic carbocycles. The molecule has 0 aromatic rings. The van der Waals surface area contributed by atoms with Crippen LogP contribution in [0.1, 0.15) is 34.1 Å². The number of hydrogen-bond donors (Lipinski definition) is 2. The van der Waals surface area contributed by atoms with E-state index in [-0.39, 0.29) is 23.8 Å². The highest BCUT2D eigenvalue weighted by molar-refractivity contribution is 5.09. The Balaban J connectivity index is 2.85. The molecule has 0 aromatic carbocycles. The summed E-state index contributed by atoms with van der Waals surface area (Å²) in [4.78, 5) is 2.24. The third-order valence-corrected chi connectivity index (χ3v) is 3.06. The summed E-state index contributed by atoms with van der Waals surface area (Å²) in [7, 11) is 0. The highest BCUT2D eigenvalue weighted by Crippen LogP contribution is 2.37. The number of piperidine rings is 1. The first-order chi connectivity index (χ1) is 6.29. The molecule has 0 amide bonds. The van der Waals surface area contributed by atoms with Crippen molar-refractivity contribution in [1.29, 1.82) is 0 Å². The maximum absolute atomic E-state index is 9.72. The fourth-order valence-electron chi connectivity index (χ4n) is 2.71. The number of nitrogens with zero attached hydrogens (tertiary/aromatic N) is 1. The van der Waals surface area contributed by atoms with Gasteiger partial charge in [0.25, 0.3) is 0 Å². The number of rotatable bonds is 2. The van der Waals surface area contributed by atoms with Gasteiger partial charge in [-0.25, -0.2) is 0 Å². The quantitative estimate of drug-likeness (QED) is 0.693. The van der Waals surface area contributed by atoms with E-state index in [0.29, 0.717) is 6.54 Å². The van der Waals surface area contributed by atoms with Crippen LogP contribution in [-0.2, 0) is 0 Å². The predicted molar refractivity (Wildman–Crippen MR) is 56.9 cm³/mol. The van der Waals surface area contributed by atoms with Crippen LogP contribution >= 0.6 is 0 Å². The van der Waals surface area contributed by atoms with Crippen molar-refractivity contribution in [3.05, 3.63) is 6.42 Å². The van der Waals surface area contributed by atoms with Crippen LogP contribution in [0.3, 0.4) is 0 Å². The average molecular weight is 200 g/mol. The van der Waals surface area contributed by atoms with E-state index < -0.39 is 0 Å². The van der Waals surface area contributed by atoms with Crippen molar-refractivity contribution in [2.24, 2.45) is 0 Å². The van der Waals surface area contributed by atoms with Gasteiger partial charge in [0.1, 0.15) is 0 Å². The molecular formula is C11H22NO2. The van der Waals surface area contributed by atoms with Crippen molar-refractivity contribution in [3.8, 4) is 0 Å². The van der Waals surface area contributed by atoms with Gasteiger partial charge in [0.15, 0.2) is 0 Å². The molecule has 1 rings (SSSR count). The first kappa shape index (κ1) is 12.0. The summed E-state index contributed by atoms with van der Waals surface area (Å²) >= 11 is 0. The van der Waals surface area contributed by atoms with E-state index >= 15 is 0 Å². The van der Waals surface area contributed by atoms with E-state index in [9.17, 15) is 5.11 Å². The number of β-amino-alcohol motifs (C(OH)–C–C–N with tert-alkyl or cyclic N) is 1. The molecule has 1 atom stereocenters. The summed E-state index contributed by atoms with van der Waals surface area (Å²) in [5.41, 5.74) is -0.204. The van der Waals surface area contributed by atoms with Crippen LogP contribution in [0, 0.1) is 6.42 Å². The minimum absolute atomic E-state index is 0.0552. The van der Waals surface area contributed by atoms with E-state index in [2.05, 4.69) is 32.6 Å². The molecule has 3 heteroatoms. The third kappa shape index (κ3) is 2.27. The van der Waals surface area contributed by atoms with Crippen molar-refractivity contribution >= 4 is 0 Å². The van der Waals surface area contributed by atoms with E-state index in [1.165, 1.54) is 0 Å². The molecule has 1 aliphatic heterocycles. The van der Waals surface area contributed by atoms with Crippen LogP contribution in [-0.4, -0.2) is 45.4 Å². The zero-order valence-electron chi connectivity index (χ0n) is 9.62. The molecule has 0 spiro atoms. The van der Waals surface area contributed by atoms with E-state index in [1.54, 1.807) is 0 Å². The standard InChI is InChI=1S/C11H22NO2/c1-10(2)7-9(14)8-11(3,4)12(10)5-6-13/h7,9,13-14H,5-6,8H2,1-4H3. The maximum Gasteiger partial charge on any atom is 0.0607 e. The first-order valence-electron chi connectivity index (χ1n) is 5.22. The molecular weight excluding hydrogens is 178 g/mol. The molecule has 1 unspecified atom stereocenters. The van der Waals surface area contributed by atoms with Gasteiger partial charge in [-0.15, -0.1) is 0 Å². The van der Waals surface area contributed by atoms with Crippen LogP contribution in [0.4, 0.5) is 0 Å². The summed E-state index contributed by atoms with van der Waals surface area (Å²) in [6.07, 6.45) is 2.35. The SMILES string of the molecule is CC1(C)[CH]C(O)CC(C)(C)N1CCO. The minimum atomic E-state index is -0.338. The molecule has 1 heterocycles. The van der Waals surface area contributed by atoms with Gasteiger partial charge in [0, 0.05) is 24.0 Å². The molecule has 0 saturated carbocycles. The lowest BCUT2D eigenvalue weighted by molar-refractivity contribution is -0.0497. The molecule has 0 bridgehead atoms. The molecule has 3 nitrogen and oxygen atoms in total. The monoisotopic (exact) mass is 200 g/mol. The van der Waals surface area contributed by atoms with Crippen LogP contribution in [0.15, 0.2) is 0 Å². The molecule has 0 aromatic heterocycles. The molecule has 1 aliphatic rings. The summed E-state index contributed by atoms with van der Waals surface area (Å²) in [6.45, 7) is 9.20. The largest absolute Gasteiger partial charge is 0.395 e. The van der Waals surface area contributed by atoms with Crippen LogP contribution in [0.5, 0.6) is 0 Å².